The predicted octanol–water partition coefficient (Wildman–Crippen LogP) is 11.7. The summed E-state index contributed by atoms with van der Waals surface area (Å²) in [6.45, 7) is 16.3. The van der Waals surface area contributed by atoms with Crippen LogP contribution in [0.25, 0.3) is 60.8 Å². The number of carbonyl (C=O) groups excluding carboxylic acids is 1. The molecule has 0 amide bonds. The number of pyridine rings is 1. The van der Waals surface area contributed by atoms with E-state index in [0.717, 1.165) is 28.0 Å². The molecule has 0 bridgehead atoms. The molecule has 0 aliphatic carbocycles. The summed E-state index contributed by atoms with van der Waals surface area (Å²) in [5.41, 5.74) is 9.49. The fourth-order valence-electron chi connectivity index (χ4n) is 6.70. The van der Waals surface area contributed by atoms with E-state index in [1.54, 1.807) is 6.92 Å². The average molecular weight is 880 g/mol. The first-order valence-electron chi connectivity index (χ1n) is 17.8. The molecule has 0 spiro atoms. The van der Waals surface area contributed by atoms with Crippen LogP contribution in [-0.2, 0) is 24.9 Å². The minimum Gasteiger partial charge on any atom is -0.512 e. The van der Waals surface area contributed by atoms with Gasteiger partial charge in [0.15, 0.2) is 5.78 Å². The van der Waals surface area contributed by atoms with Gasteiger partial charge in [-0.05, 0) is 64.3 Å². The van der Waals surface area contributed by atoms with Crippen molar-refractivity contribution in [2.75, 3.05) is 0 Å². The number of ketones is 1. The number of aromatic nitrogens is 2. The molecule has 0 atom stereocenters. The predicted molar refractivity (Wildman–Crippen MR) is 219 cm³/mol. The van der Waals surface area contributed by atoms with Gasteiger partial charge in [-0.25, -0.2) is 0 Å². The van der Waals surface area contributed by atoms with E-state index in [4.69, 9.17) is 4.98 Å². The van der Waals surface area contributed by atoms with Crippen LogP contribution in [0.5, 0.6) is 0 Å². The monoisotopic (exact) mass is 880 g/mol. The van der Waals surface area contributed by atoms with Gasteiger partial charge in [-0.2, -0.15) is 0 Å². The molecule has 2 heterocycles. The quantitative estimate of drug-likeness (QED) is 0.0751. The van der Waals surface area contributed by atoms with Crippen molar-refractivity contribution >= 4 is 51.8 Å². The minimum absolute atomic E-state index is 0. The van der Waals surface area contributed by atoms with E-state index in [2.05, 4.69) is 152 Å². The molecule has 0 aliphatic rings. The van der Waals surface area contributed by atoms with Gasteiger partial charge in [-0.15, -0.1) is 23.8 Å². The maximum Gasteiger partial charge on any atom is 0.164 e. The largest absolute Gasteiger partial charge is 0.512 e. The van der Waals surface area contributed by atoms with Crippen molar-refractivity contribution < 1.29 is 30.0 Å². The van der Waals surface area contributed by atoms with Crippen LogP contribution in [0.3, 0.4) is 0 Å². The Balaban J connectivity index is 0.000000349. The molecule has 1 N–H and O–H groups in total. The Bertz CT molecular complexity index is 2390. The summed E-state index contributed by atoms with van der Waals surface area (Å²) in [6.07, 6.45) is 0. The Morgan fingerprint density at radius 2 is 1.35 bits per heavy atom. The Labute approximate surface area is 322 Å². The smallest absolute Gasteiger partial charge is 0.164 e. The van der Waals surface area contributed by atoms with E-state index < -0.39 is 8.07 Å². The third-order valence-electron chi connectivity index (χ3n) is 9.45. The molecule has 267 valence electrons. The molecule has 2 aromatic heterocycles. The number of hydrogen-bond donors (Lipinski definition) is 1. The van der Waals surface area contributed by atoms with Gasteiger partial charge >= 0.3 is 0 Å². The number of fused-ring (bicyclic) bond motifs is 4. The Kier molecular flexibility index (Phi) is 11.8. The van der Waals surface area contributed by atoms with Gasteiger partial charge < -0.3 is 9.67 Å². The molecule has 52 heavy (non-hydrogen) atoms. The van der Waals surface area contributed by atoms with Crippen LogP contribution in [0.2, 0.25) is 19.6 Å². The second-order valence-corrected chi connectivity index (χ2v) is 20.0. The van der Waals surface area contributed by atoms with Crippen LogP contribution in [0.4, 0.5) is 0 Å². The number of Topliss-reactive ketones (excluding diaryl/α,β-unsaturated/α-hetero) is 1. The molecule has 0 saturated heterocycles. The van der Waals surface area contributed by atoms with Crippen LogP contribution in [0, 0.1) is 17.9 Å². The molecule has 0 saturated carbocycles. The number of rotatable bonds is 7. The van der Waals surface area contributed by atoms with Gasteiger partial charge in [0.2, 0.25) is 0 Å². The van der Waals surface area contributed by atoms with Gasteiger partial charge in [0.05, 0.1) is 13.6 Å². The van der Waals surface area contributed by atoms with Crippen LogP contribution in [0.1, 0.15) is 34.6 Å². The Hall–Kier alpha value is -4.61. The molecule has 7 rings (SSSR count). The number of benzene rings is 5. The number of carbonyl (C=O) groups is 1. The molecular weight excluding hydrogens is 833 g/mol. The molecule has 4 nitrogen and oxygen atoms in total. The number of allylic oxidation sites excluding steroid dienone is 2. The summed E-state index contributed by atoms with van der Waals surface area (Å²) in [6, 6.07) is 46.9. The first kappa shape index (κ1) is 38.6. The van der Waals surface area contributed by atoms with Crippen molar-refractivity contribution in [3.63, 3.8) is 0 Å². The van der Waals surface area contributed by atoms with Crippen LogP contribution in [-0.4, -0.2) is 28.5 Å². The van der Waals surface area contributed by atoms with Gasteiger partial charge in [0.1, 0.15) is 5.76 Å². The standard InChI is InChI=1S/C36H29N2Si.C10H18O2.Ir/c1-39(2,3)36-24-32(37-33-23-26(18-20-30(33)36)25-12-6-4-7-13-25)27-19-21-35-31(22-27)29-16-10-11-17-34(29)38(35)28-14-8-5-9-15-28;1-6(2)9(11)8(5)10(12)7(3)4;/h4-18,20-24H,1-3H3;6-7,11H,1-5H3;/q-1;;/b;9-8-;. The number of hydrogen-bond acceptors (Lipinski definition) is 3. The molecule has 6 heteroatoms. The van der Waals surface area contributed by atoms with Crippen molar-refractivity contribution in [2.24, 2.45) is 11.8 Å². The molecule has 0 fully saturated rings. The molecular formula is C46H47IrN2O2Si-. The first-order chi connectivity index (χ1) is 24.3. The van der Waals surface area contributed by atoms with E-state index in [-0.39, 0.29) is 43.5 Å². The second-order valence-electron chi connectivity index (χ2n) is 14.9. The fourth-order valence-corrected chi connectivity index (χ4v) is 8.29. The van der Waals surface area contributed by atoms with Gasteiger partial charge in [0, 0.05) is 48.7 Å². The number of aliphatic hydroxyl groups excluding tert-OH is 1. The number of para-hydroxylation sites is 2. The van der Waals surface area contributed by atoms with Crippen LogP contribution >= 0.6 is 0 Å². The van der Waals surface area contributed by atoms with Crippen molar-refractivity contribution in [1.29, 1.82) is 0 Å². The minimum atomic E-state index is -1.65. The third-order valence-corrected chi connectivity index (χ3v) is 11.5. The van der Waals surface area contributed by atoms with E-state index >= 15 is 0 Å². The van der Waals surface area contributed by atoms with Crippen molar-refractivity contribution in [2.45, 2.75) is 54.3 Å². The Morgan fingerprint density at radius 1 is 0.712 bits per heavy atom. The van der Waals surface area contributed by atoms with E-state index in [1.165, 1.54) is 38.0 Å². The van der Waals surface area contributed by atoms with Gasteiger partial charge in [-0.3, -0.25) is 9.78 Å². The summed E-state index contributed by atoms with van der Waals surface area (Å²) in [5, 5.41) is 14.6. The number of aliphatic hydroxyl groups is 1. The molecule has 5 aromatic carbocycles. The SMILES string of the molecule is C/C(C(=O)C(C)C)=C(/O)C(C)C.C[Si](C)(C)c1cc(-c2[c-]cc3c(c2)c2ccccc2n3-c2ccccc2)nc2cc(-c3ccccc3)ccc12.[Ir]. The summed E-state index contributed by atoms with van der Waals surface area (Å²) in [7, 11) is -1.65. The van der Waals surface area contributed by atoms with E-state index in [0.29, 0.717) is 5.57 Å². The van der Waals surface area contributed by atoms with E-state index in [9.17, 15) is 9.90 Å². The molecule has 0 unspecified atom stereocenters. The summed E-state index contributed by atoms with van der Waals surface area (Å²) in [4.78, 5) is 16.6. The topological polar surface area (TPSA) is 55.1 Å². The van der Waals surface area contributed by atoms with Gasteiger partial charge in [0.25, 0.3) is 0 Å². The summed E-state index contributed by atoms with van der Waals surface area (Å²) < 4.78 is 2.33. The molecule has 7 aromatic rings. The summed E-state index contributed by atoms with van der Waals surface area (Å²) >= 11 is 0. The normalized spacial score (nSPS) is 12.1. The Morgan fingerprint density at radius 3 is 1.98 bits per heavy atom. The zero-order valence-electron chi connectivity index (χ0n) is 31.3. The van der Waals surface area contributed by atoms with Crippen LogP contribution < -0.4 is 5.19 Å². The zero-order chi connectivity index (χ0) is 36.4. The number of nitrogens with zero attached hydrogens (tertiary/aromatic N) is 2. The average Bonchev–Trinajstić information content (AvgIpc) is 3.47. The third kappa shape index (κ3) is 7.90. The van der Waals surface area contributed by atoms with Crippen LogP contribution in [0.15, 0.2) is 133 Å². The van der Waals surface area contributed by atoms with Crippen molar-refractivity contribution in [3.8, 4) is 28.1 Å². The molecule has 1 radical (unpaired) electrons. The van der Waals surface area contributed by atoms with Gasteiger partial charge in [-0.1, -0.05) is 143 Å². The van der Waals surface area contributed by atoms with Crippen molar-refractivity contribution in [1.82, 2.24) is 9.55 Å². The van der Waals surface area contributed by atoms with Crippen molar-refractivity contribution in [3.05, 3.63) is 139 Å². The molecule has 0 aliphatic heterocycles. The second kappa shape index (κ2) is 16.0. The summed E-state index contributed by atoms with van der Waals surface area (Å²) in [5.74, 6) is 0.244. The maximum absolute atomic E-state index is 11.4. The zero-order valence-corrected chi connectivity index (χ0v) is 34.7. The van der Waals surface area contributed by atoms with E-state index in [1.807, 2.05) is 27.7 Å². The first-order valence-corrected chi connectivity index (χ1v) is 21.3. The maximum atomic E-state index is 11.4. The fraction of sp³-hybridized carbons (Fsp3) is 0.217.